The molecule has 3 rings (SSSR count). The van der Waals surface area contributed by atoms with Gasteiger partial charge in [-0.1, -0.05) is 6.07 Å². The van der Waals surface area contributed by atoms with E-state index in [0.29, 0.717) is 5.92 Å². The van der Waals surface area contributed by atoms with Gasteiger partial charge >= 0.3 is 0 Å². The smallest absolute Gasteiger partial charge is 0.0834 e. The number of nitrogens with zero attached hydrogens (tertiary/aromatic N) is 1. The zero-order valence-electron chi connectivity index (χ0n) is 12.0. The molecule has 1 N–H and O–H groups in total. The molecule has 0 radical (unpaired) electrons. The molecule has 2 aliphatic rings. The first kappa shape index (κ1) is 14.4. The predicted octanol–water partition coefficient (Wildman–Crippen LogP) is 3.12. The van der Waals surface area contributed by atoms with E-state index in [1.54, 1.807) is 0 Å². The van der Waals surface area contributed by atoms with Gasteiger partial charge in [0.25, 0.3) is 0 Å². The molecule has 2 unspecified atom stereocenters. The molecule has 2 atom stereocenters. The van der Waals surface area contributed by atoms with Crippen molar-refractivity contribution in [2.75, 3.05) is 18.1 Å². The largest absolute Gasteiger partial charge is 0.388 e. The lowest BCUT2D eigenvalue weighted by Gasteiger charge is -2.44. The van der Waals surface area contributed by atoms with Gasteiger partial charge in [0.05, 0.1) is 11.7 Å². The van der Waals surface area contributed by atoms with Gasteiger partial charge < -0.3 is 9.84 Å². The molecule has 3 nitrogen and oxygen atoms in total. The van der Waals surface area contributed by atoms with Gasteiger partial charge in [0.1, 0.15) is 0 Å². The van der Waals surface area contributed by atoms with E-state index in [1.165, 1.54) is 11.5 Å². The third-order valence-electron chi connectivity index (χ3n) is 4.66. The highest BCUT2D eigenvalue weighted by molar-refractivity contribution is 7.99. The lowest BCUT2D eigenvalue weighted by atomic mass is 9.78. The molecule has 4 heteroatoms. The van der Waals surface area contributed by atoms with Crippen LogP contribution in [0, 0.1) is 12.8 Å². The zero-order valence-corrected chi connectivity index (χ0v) is 12.9. The van der Waals surface area contributed by atoms with Crippen LogP contribution in [0.5, 0.6) is 0 Å². The van der Waals surface area contributed by atoms with Crippen LogP contribution in [0.15, 0.2) is 18.3 Å². The van der Waals surface area contributed by atoms with E-state index in [2.05, 4.69) is 4.98 Å². The molecule has 3 heterocycles. The standard InChI is InChI=1S/C16H23NO2S/c1-12-2-3-14(11-17-12)15(18)13-4-7-19-16(10-13)5-8-20-9-6-16/h2-3,11,13,15,18H,4-10H2,1H3. The van der Waals surface area contributed by atoms with Crippen LogP contribution < -0.4 is 0 Å². The molecule has 0 aliphatic carbocycles. The number of aliphatic hydroxyl groups is 1. The monoisotopic (exact) mass is 293 g/mol. The van der Waals surface area contributed by atoms with Crippen LogP contribution in [0.4, 0.5) is 0 Å². The van der Waals surface area contributed by atoms with Crippen molar-refractivity contribution in [3.63, 3.8) is 0 Å². The second-order valence-corrected chi connectivity index (χ2v) is 7.30. The molecule has 0 amide bonds. The first-order valence-corrected chi connectivity index (χ1v) is 8.66. The highest BCUT2D eigenvalue weighted by atomic mass is 32.2. The van der Waals surface area contributed by atoms with E-state index < -0.39 is 6.10 Å². The minimum atomic E-state index is -0.404. The molecule has 20 heavy (non-hydrogen) atoms. The maximum atomic E-state index is 10.6. The number of ether oxygens (including phenoxy) is 1. The lowest BCUT2D eigenvalue weighted by molar-refractivity contribution is -0.121. The maximum absolute atomic E-state index is 10.6. The summed E-state index contributed by atoms with van der Waals surface area (Å²) in [6.45, 7) is 2.75. The highest BCUT2D eigenvalue weighted by Crippen LogP contribution is 2.43. The summed E-state index contributed by atoms with van der Waals surface area (Å²) in [6.07, 6.45) is 5.62. The average Bonchev–Trinajstić information content (AvgIpc) is 2.48. The number of aryl methyl sites for hydroxylation is 1. The molecule has 2 saturated heterocycles. The number of aromatic nitrogens is 1. The molecule has 2 fully saturated rings. The Hall–Kier alpha value is -0.580. The Bertz CT molecular complexity index is 437. The van der Waals surface area contributed by atoms with Gasteiger partial charge in [-0.15, -0.1) is 0 Å². The van der Waals surface area contributed by atoms with Gasteiger partial charge in [-0.2, -0.15) is 11.8 Å². The normalized spacial score (nSPS) is 27.4. The van der Waals surface area contributed by atoms with Crippen molar-refractivity contribution < 1.29 is 9.84 Å². The summed E-state index contributed by atoms with van der Waals surface area (Å²) in [7, 11) is 0. The van der Waals surface area contributed by atoms with Crippen LogP contribution in [-0.4, -0.2) is 33.8 Å². The Morgan fingerprint density at radius 2 is 2.20 bits per heavy atom. The molecular formula is C16H23NO2S. The highest BCUT2D eigenvalue weighted by Gasteiger charge is 2.41. The number of thioether (sulfide) groups is 1. The van der Waals surface area contributed by atoms with Gasteiger partial charge in [-0.05, 0) is 61.7 Å². The molecule has 0 aromatic carbocycles. The third kappa shape index (κ3) is 3.02. The summed E-state index contributed by atoms with van der Waals surface area (Å²) in [5.74, 6) is 2.68. The van der Waals surface area contributed by atoms with E-state index >= 15 is 0 Å². The van der Waals surface area contributed by atoms with E-state index in [9.17, 15) is 5.11 Å². The number of hydrogen-bond donors (Lipinski definition) is 1. The Balaban J connectivity index is 1.71. The van der Waals surface area contributed by atoms with Crippen molar-refractivity contribution in [3.05, 3.63) is 29.6 Å². The fourth-order valence-corrected chi connectivity index (χ4v) is 4.59. The van der Waals surface area contributed by atoms with E-state index in [-0.39, 0.29) is 5.60 Å². The first-order valence-electron chi connectivity index (χ1n) is 7.51. The maximum Gasteiger partial charge on any atom is 0.0834 e. The number of aliphatic hydroxyl groups excluding tert-OH is 1. The molecule has 110 valence electrons. The molecule has 1 aromatic rings. The van der Waals surface area contributed by atoms with E-state index in [0.717, 1.165) is 43.5 Å². The number of hydrogen-bond acceptors (Lipinski definition) is 4. The van der Waals surface area contributed by atoms with Crippen molar-refractivity contribution in [3.8, 4) is 0 Å². The van der Waals surface area contributed by atoms with Crippen LogP contribution in [0.3, 0.4) is 0 Å². The average molecular weight is 293 g/mol. The van der Waals surface area contributed by atoms with Gasteiger partial charge in [0.15, 0.2) is 0 Å². The van der Waals surface area contributed by atoms with Crippen LogP contribution >= 0.6 is 11.8 Å². The summed E-state index contributed by atoms with van der Waals surface area (Å²) in [4.78, 5) is 4.30. The second kappa shape index (κ2) is 6.04. The summed E-state index contributed by atoms with van der Waals surface area (Å²) in [6, 6.07) is 3.98. The van der Waals surface area contributed by atoms with Crippen LogP contribution in [-0.2, 0) is 4.74 Å². The predicted molar refractivity (Wildman–Crippen MR) is 81.9 cm³/mol. The van der Waals surface area contributed by atoms with Crippen molar-refractivity contribution in [1.82, 2.24) is 4.98 Å². The quantitative estimate of drug-likeness (QED) is 0.910. The summed E-state index contributed by atoms with van der Waals surface area (Å²) in [5.41, 5.74) is 1.98. The van der Waals surface area contributed by atoms with Crippen molar-refractivity contribution in [1.29, 1.82) is 0 Å². The van der Waals surface area contributed by atoms with Crippen LogP contribution in [0.2, 0.25) is 0 Å². The summed E-state index contributed by atoms with van der Waals surface area (Å²) < 4.78 is 6.10. The minimum Gasteiger partial charge on any atom is -0.388 e. The minimum absolute atomic E-state index is 0.0350. The van der Waals surface area contributed by atoms with Crippen molar-refractivity contribution >= 4 is 11.8 Å². The summed E-state index contributed by atoms with van der Waals surface area (Å²) in [5, 5.41) is 10.6. The van der Waals surface area contributed by atoms with E-state index in [4.69, 9.17) is 4.74 Å². The zero-order chi connectivity index (χ0) is 14.0. The molecule has 1 spiro atoms. The van der Waals surface area contributed by atoms with Gasteiger partial charge in [0.2, 0.25) is 0 Å². The van der Waals surface area contributed by atoms with Crippen molar-refractivity contribution in [2.24, 2.45) is 5.92 Å². The Labute approximate surface area is 125 Å². The van der Waals surface area contributed by atoms with Gasteiger partial charge in [-0.3, -0.25) is 4.98 Å². The van der Waals surface area contributed by atoms with Gasteiger partial charge in [0, 0.05) is 18.5 Å². The molecule has 0 bridgehead atoms. The fourth-order valence-electron chi connectivity index (χ4n) is 3.35. The fraction of sp³-hybridized carbons (Fsp3) is 0.688. The number of rotatable bonds is 2. The van der Waals surface area contributed by atoms with Crippen LogP contribution in [0.25, 0.3) is 0 Å². The summed E-state index contributed by atoms with van der Waals surface area (Å²) >= 11 is 2.02. The van der Waals surface area contributed by atoms with Crippen molar-refractivity contribution in [2.45, 2.75) is 44.3 Å². The lowest BCUT2D eigenvalue weighted by Crippen LogP contribution is -2.44. The molecular weight excluding hydrogens is 270 g/mol. The van der Waals surface area contributed by atoms with Crippen LogP contribution in [0.1, 0.15) is 43.0 Å². The van der Waals surface area contributed by atoms with E-state index in [1.807, 2.05) is 37.0 Å². The Morgan fingerprint density at radius 1 is 1.40 bits per heavy atom. The topological polar surface area (TPSA) is 42.4 Å². The van der Waals surface area contributed by atoms with Gasteiger partial charge in [-0.25, -0.2) is 0 Å². The first-order chi connectivity index (χ1) is 9.69. The third-order valence-corrected chi connectivity index (χ3v) is 5.64. The Kier molecular flexibility index (Phi) is 4.34. The molecule has 0 saturated carbocycles. The number of pyridine rings is 1. The molecule has 1 aromatic heterocycles. The SMILES string of the molecule is Cc1ccc(C(O)C2CCOC3(CCSCC3)C2)cn1. The second-order valence-electron chi connectivity index (χ2n) is 6.07. The molecule has 2 aliphatic heterocycles. The Morgan fingerprint density at radius 3 is 2.90 bits per heavy atom.